The summed E-state index contributed by atoms with van der Waals surface area (Å²) in [6, 6.07) is 44.4. The van der Waals surface area contributed by atoms with Crippen molar-refractivity contribution in [1.82, 2.24) is 19.6 Å². The molecule has 37 heavy (non-hydrogen) atoms. The molecule has 0 unspecified atom stereocenters. The van der Waals surface area contributed by atoms with Crippen molar-refractivity contribution < 1.29 is 21.1 Å². The van der Waals surface area contributed by atoms with Crippen LogP contribution in [0.2, 0.25) is 0 Å². The number of hydrogen-bond acceptors (Lipinski definition) is 2. The summed E-state index contributed by atoms with van der Waals surface area (Å²) in [5, 5.41) is 8.84. The van der Waals surface area contributed by atoms with Gasteiger partial charge in [-0.2, -0.15) is 10.2 Å². The van der Waals surface area contributed by atoms with Crippen LogP contribution >= 0.6 is 0 Å². The molecule has 6 aromatic rings. The fourth-order valence-corrected chi connectivity index (χ4v) is 4.37. The van der Waals surface area contributed by atoms with E-state index in [2.05, 4.69) is 83.0 Å². The molecule has 0 aliphatic heterocycles. The first kappa shape index (κ1) is 24.4. The van der Waals surface area contributed by atoms with Crippen LogP contribution in [0.4, 0.5) is 0 Å². The van der Waals surface area contributed by atoms with Gasteiger partial charge in [0.25, 0.3) is 0 Å². The maximum atomic E-state index is 4.42. The first-order chi connectivity index (χ1) is 17.9. The van der Waals surface area contributed by atoms with Gasteiger partial charge in [-0.15, -0.1) is 65.2 Å². The summed E-state index contributed by atoms with van der Waals surface area (Å²) in [5.41, 5.74) is 8.05. The van der Waals surface area contributed by atoms with E-state index >= 15 is 0 Å². The standard InChI is InChI=1S/C32H22N4.Pt/c1-3-11-25(12-4-1)31(26-13-5-2-6-14-26)32(27-15-7-17-29(23-27)35-21-9-19-33-35)28-16-8-18-30(24-28)36-22-10-20-34-36;/h1-22H;/q-2;+2. The average molecular weight is 658 g/mol. The van der Waals surface area contributed by atoms with Crippen molar-refractivity contribution in [3.05, 3.63) is 168 Å². The van der Waals surface area contributed by atoms with Crippen LogP contribution in [0.15, 0.2) is 134 Å². The Kier molecular flexibility index (Phi) is 7.39. The minimum absolute atomic E-state index is 0. The zero-order valence-corrected chi connectivity index (χ0v) is 22.1. The largest absolute Gasteiger partial charge is 2.00 e. The van der Waals surface area contributed by atoms with Crippen LogP contribution < -0.4 is 0 Å². The van der Waals surface area contributed by atoms with Crippen LogP contribution in [0.25, 0.3) is 22.5 Å². The Labute approximate surface area is 230 Å². The van der Waals surface area contributed by atoms with Gasteiger partial charge in [-0.25, -0.2) is 0 Å². The quantitative estimate of drug-likeness (QED) is 0.148. The first-order valence-electron chi connectivity index (χ1n) is 11.8. The van der Waals surface area contributed by atoms with E-state index in [1.54, 1.807) is 12.4 Å². The molecule has 0 saturated heterocycles. The average Bonchev–Trinajstić information content (AvgIpc) is 3.68. The molecule has 0 fully saturated rings. The van der Waals surface area contributed by atoms with E-state index in [-0.39, 0.29) is 21.1 Å². The molecular formula is C32H22N4Pt. The van der Waals surface area contributed by atoms with E-state index < -0.39 is 0 Å². The number of benzene rings is 4. The molecule has 2 heterocycles. The van der Waals surface area contributed by atoms with Crippen LogP contribution in [0.3, 0.4) is 0 Å². The van der Waals surface area contributed by atoms with Crippen molar-refractivity contribution in [3.63, 3.8) is 0 Å². The van der Waals surface area contributed by atoms with Gasteiger partial charge in [0.1, 0.15) is 0 Å². The topological polar surface area (TPSA) is 35.6 Å². The Hall–Kier alpha value is -4.27. The van der Waals surface area contributed by atoms with Crippen molar-refractivity contribution in [2.45, 2.75) is 0 Å². The molecule has 180 valence electrons. The predicted molar refractivity (Wildman–Crippen MR) is 143 cm³/mol. The molecule has 0 N–H and O–H groups in total. The van der Waals surface area contributed by atoms with E-state index in [1.807, 2.05) is 70.3 Å². The Morgan fingerprint density at radius 3 is 1.35 bits per heavy atom. The summed E-state index contributed by atoms with van der Waals surface area (Å²) in [6.45, 7) is 0. The number of nitrogens with zero attached hydrogens (tertiary/aromatic N) is 4. The summed E-state index contributed by atoms with van der Waals surface area (Å²) in [6.07, 6.45) is 7.41. The van der Waals surface area contributed by atoms with Crippen molar-refractivity contribution in [3.8, 4) is 11.4 Å². The maximum Gasteiger partial charge on any atom is 2.00 e. The molecule has 0 spiro atoms. The van der Waals surface area contributed by atoms with Gasteiger partial charge in [0.2, 0.25) is 0 Å². The molecule has 0 aliphatic carbocycles. The second kappa shape index (κ2) is 11.2. The molecule has 0 amide bonds. The minimum atomic E-state index is 0. The summed E-state index contributed by atoms with van der Waals surface area (Å²) in [4.78, 5) is 0. The summed E-state index contributed by atoms with van der Waals surface area (Å²) < 4.78 is 3.66. The smallest absolute Gasteiger partial charge is 0.260 e. The molecule has 4 nitrogen and oxygen atoms in total. The molecule has 5 heteroatoms. The SMILES string of the molecule is [Pt+2].[c-]1c(C(=C(c2ccccc2)c2ccccc2)c2[c-]c(-n3cccn3)ccc2)cccc1-n1cccn1. The third-order valence-electron chi connectivity index (χ3n) is 5.98. The maximum absolute atomic E-state index is 4.42. The van der Waals surface area contributed by atoms with Crippen molar-refractivity contribution in [2.24, 2.45) is 0 Å². The second-order valence-corrected chi connectivity index (χ2v) is 8.28. The van der Waals surface area contributed by atoms with E-state index in [0.29, 0.717) is 0 Å². The van der Waals surface area contributed by atoms with Gasteiger partial charge >= 0.3 is 21.1 Å². The van der Waals surface area contributed by atoms with Crippen LogP contribution in [0.1, 0.15) is 22.3 Å². The molecule has 6 rings (SSSR count). The normalized spacial score (nSPS) is 10.5. The van der Waals surface area contributed by atoms with Crippen molar-refractivity contribution >= 4 is 11.1 Å². The number of aromatic nitrogens is 4. The van der Waals surface area contributed by atoms with Gasteiger partial charge in [0.15, 0.2) is 0 Å². The zero-order valence-electron chi connectivity index (χ0n) is 19.8. The monoisotopic (exact) mass is 657 g/mol. The minimum Gasteiger partial charge on any atom is -0.260 e. The molecule has 0 bridgehead atoms. The third kappa shape index (κ3) is 5.16. The molecule has 0 aliphatic rings. The Bertz CT molecular complexity index is 1480. The summed E-state index contributed by atoms with van der Waals surface area (Å²) >= 11 is 0. The van der Waals surface area contributed by atoms with Crippen LogP contribution in [0.5, 0.6) is 0 Å². The summed E-state index contributed by atoms with van der Waals surface area (Å²) in [7, 11) is 0. The summed E-state index contributed by atoms with van der Waals surface area (Å²) in [5.74, 6) is 0. The van der Waals surface area contributed by atoms with Crippen LogP contribution in [-0.2, 0) is 21.1 Å². The van der Waals surface area contributed by atoms with Crippen LogP contribution in [0, 0.1) is 12.1 Å². The Morgan fingerprint density at radius 2 is 0.946 bits per heavy atom. The Balaban J connectivity index is 0.00000280. The van der Waals surface area contributed by atoms with Gasteiger partial charge in [-0.1, -0.05) is 60.7 Å². The Morgan fingerprint density at radius 1 is 0.486 bits per heavy atom. The van der Waals surface area contributed by atoms with E-state index in [9.17, 15) is 0 Å². The fourth-order valence-electron chi connectivity index (χ4n) is 4.37. The van der Waals surface area contributed by atoms with Crippen molar-refractivity contribution in [1.29, 1.82) is 0 Å². The molecule has 2 aromatic heterocycles. The number of rotatable bonds is 6. The van der Waals surface area contributed by atoms with Gasteiger partial charge in [-0.05, 0) is 40.2 Å². The molecule has 0 saturated carbocycles. The van der Waals surface area contributed by atoms with Crippen molar-refractivity contribution in [2.75, 3.05) is 0 Å². The first-order valence-corrected chi connectivity index (χ1v) is 11.8. The van der Waals surface area contributed by atoms with Gasteiger partial charge in [0.05, 0.1) is 0 Å². The van der Waals surface area contributed by atoms with Crippen LogP contribution in [-0.4, -0.2) is 19.6 Å². The molecule has 0 radical (unpaired) electrons. The fraction of sp³-hybridized carbons (Fsp3) is 0. The third-order valence-corrected chi connectivity index (χ3v) is 5.98. The molecular weight excluding hydrogens is 635 g/mol. The number of hydrogen-bond donors (Lipinski definition) is 0. The molecule has 0 atom stereocenters. The van der Waals surface area contributed by atoms with Gasteiger partial charge < -0.3 is 0 Å². The van der Waals surface area contributed by atoms with E-state index in [1.165, 1.54) is 0 Å². The van der Waals surface area contributed by atoms with Gasteiger partial charge in [-0.3, -0.25) is 9.36 Å². The van der Waals surface area contributed by atoms with Gasteiger partial charge in [0, 0.05) is 24.8 Å². The van der Waals surface area contributed by atoms with E-state index in [4.69, 9.17) is 0 Å². The predicted octanol–water partition coefficient (Wildman–Crippen LogP) is 6.66. The second-order valence-electron chi connectivity index (χ2n) is 8.28. The zero-order chi connectivity index (χ0) is 24.2. The van der Waals surface area contributed by atoms with E-state index in [0.717, 1.165) is 44.8 Å². The molecule has 4 aromatic carbocycles.